The smallest absolute Gasteiger partial charge is 0.225 e. The van der Waals surface area contributed by atoms with E-state index in [-0.39, 0.29) is 34.8 Å². The molecule has 1 aliphatic rings. The maximum Gasteiger partial charge on any atom is 0.225 e. The number of anilines is 2. The first-order valence-electron chi connectivity index (χ1n) is 9.98. The summed E-state index contributed by atoms with van der Waals surface area (Å²) in [6.45, 7) is 3.41. The lowest BCUT2D eigenvalue weighted by molar-refractivity contribution is -0.122. The Hall–Kier alpha value is -2.87. The van der Waals surface area contributed by atoms with Gasteiger partial charge in [-0.3, -0.25) is 9.59 Å². The van der Waals surface area contributed by atoms with E-state index in [2.05, 4.69) is 10.2 Å². The van der Waals surface area contributed by atoms with Crippen molar-refractivity contribution in [3.8, 4) is 0 Å². The SMILES string of the molecule is Cc1ccc(S(=O)(=O)CCC(=O)Nc2ccc(N3CCC(C(N)=O)CC3)cc2)cc1. The second-order valence-corrected chi connectivity index (χ2v) is 9.75. The molecule has 0 radical (unpaired) electrons. The zero-order valence-corrected chi connectivity index (χ0v) is 17.8. The number of nitrogens with two attached hydrogens (primary N) is 1. The summed E-state index contributed by atoms with van der Waals surface area (Å²) in [7, 11) is -3.50. The number of aryl methyl sites for hydroxylation is 1. The molecule has 2 aromatic carbocycles. The zero-order valence-electron chi connectivity index (χ0n) is 17.0. The fraction of sp³-hybridized carbons (Fsp3) is 0.364. The van der Waals surface area contributed by atoms with E-state index in [1.165, 1.54) is 0 Å². The maximum atomic E-state index is 12.4. The highest BCUT2D eigenvalue weighted by Gasteiger charge is 2.23. The van der Waals surface area contributed by atoms with Crippen LogP contribution < -0.4 is 16.0 Å². The number of hydrogen-bond donors (Lipinski definition) is 2. The fourth-order valence-electron chi connectivity index (χ4n) is 3.49. The molecule has 1 heterocycles. The van der Waals surface area contributed by atoms with E-state index in [9.17, 15) is 18.0 Å². The van der Waals surface area contributed by atoms with Gasteiger partial charge in [-0.25, -0.2) is 8.42 Å². The van der Waals surface area contributed by atoms with Gasteiger partial charge in [0.1, 0.15) is 0 Å². The van der Waals surface area contributed by atoms with Crippen LogP contribution >= 0.6 is 0 Å². The van der Waals surface area contributed by atoms with E-state index in [0.717, 1.165) is 37.2 Å². The molecule has 2 amide bonds. The fourth-order valence-corrected chi connectivity index (χ4v) is 4.73. The van der Waals surface area contributed by atoms with Crippen LogP contribution in [0.5, 0.6) is 0 Å². The Bertz CT molecular complexity index is 994. The van der Waals surface area contributed by atoms with Gasteiger partial charge in [-0.2, -0.15) is 0 Å². The molecule has 7 nitrogen and oxygen atoms in total. The molecule has 0 aromatic heterocycles. The van der Waals surface area contributed by atoms with Crippen molar-refractivity contribution in [2.45, 2.75) is 31.1 Å². The molecular formula is C22H27N3O4S. The predicted octanol–water partition coefficient (Wildman–Crippen LogP) is 2.50. The lowest BCUT2D eigenvalue weighted by atomic mass is 9.96. The number of amides is 2. The van der Waals surface area contributed by atoms with Gasteiger partial charge < -0.3 is 16.0 Å². The third-order valence-electron chi connectivity index (χ3n) is 5.39. The monoisotopic (exact) mass is 429 g/mol. The summed E-state index contributed by atoms with van der Waals surface area (Å²) in [5.74, 6) is -0.886. The average Bonchev–Trinajstić information content (AvgIpc) is 2.73. The Morgan fingerprint density at radius 2 is 1.63 bits per heavy atom. The van der Waals surface area contributed by atoms with Crippen LogP contribution in [0.1, 0.15) is 24.8 Å². The van der Waals surface area contributed by atoms with Gasteiger partial charge in [0.2, 0.25) is 11.8 Å². The van der Waals surface area contributed by atoms with Crippen molar-refractivity contribution >= 4 is 33.0 Å². The van der Waals surface area contributed by atoms with Gasteiger partial charge in [-0.05, 0) is 56.2 Å². The number of nitrogens with zero attached hydrogens (tertiary/aromatic N) is 1. The van der Waals surface area contributed by atoms with E-state index in [1.807, 2.05) is 19.1 Å². The van der Waals surface area contributed by atoms with Gasteiger partial charge in [-0.1, -0.05) is 17.7 Å². The second-order valence-electron chi connectivity index (χ2n) is 7.64. The summed E-state index contributed by atoms with van der Waals surface area (Å²) in [5.41, 5.74) is 7.98. The van der Waals surface area contributed by atoms with Gasteiger partial charge in [-0.15, -0.1) is 0 Å². The molecule has 1 saturated heterocycles. The minimum absolute atomic E-state index is 0.0593. The molecule has 0 spiro atoms. The van der Waals surface area contributed by atoms with Gasteiger partial charge in [0, 0.05) is 36.8 Å². The second kappa shape index (κ2) is 9.30. The molecule has 0 aliphatic carbocycles. The number of benzene rings is 2. The van der Waals surface area contributed by atoms with Gasteiger partial charge in [0.25, 0.3) is 0 Å². The number of carbonyl (C=O) groups excluding carboxylic acids is 2. The highest BCUT2D eigenvalue weighted by atomic mass is 32.2. The Morgan fingerprint density at radius 3 is 2.20 bits per heavy atom. The molecule has 3 rings (SSSR count). The van der Waals surface area contributed by atoms with Gasteiger partial charge >= 0.3 is 0 Å². The standard InChI is InChI=1S/C22H27N3O4S/c1-16-2-8-20(9-3-16)30(28,29)15-12-21(26)24-18-4-6-19(7-5-18)25-13-10-17(11-14-25)22(23)27/h2-9,17H,10-15H2,1H3,(H2,23,27)(H,24,26). The predicted molar refractivity (Wildman–Crippen MR) is 117 cm³/mol. The summed E-state index contributed by atoms with van der Waals surface area (Å²) in [6.07, 6.45) is 1.37. The molecule has 160 valence electrons. The molecule has 2 aromatic rings. The third-order valence-corrected chi connectivity index (χ3v) is 7.12. The summed E-state index contributed by atoms with van der Waals surface area (Å²) in [6, 6.07) is 14.0. The van der Waals surface area contributed by atoms with Gasteiger partial charge in [0.15, 0.2) is 9.84 Å². The first-order chi connectivity index (χ1) is 14.2. The number of rotatable bonds is 7. The molecular weight excluding hydrogens is 402 g/mol. The highest BCUT2D eigenvalue weighted by Crippen LogP contribution is 2.24. The number of nitrogens with one attached hydrogen (secondary N) is 1. The van der Waals surface area contributed by atoms with Crippen molar-refractivity contribution in [3.63, 3.8) is 0 Å². The lowest BCUT2D eigenvalue weighted by Gasteiger charge is -2.32. The molecule has 8 heteroatoms. The van der Waals surface area contributed by atoms with Crippen molar-refractivity contribution in [3.05, 3.63) is 54.1 Å². The van der Waals surface area contributed by atoms with Crippen molar-refractivity contribution in [2.24, 2.45) is 11.7 Å². The van der Waals surface area contributed by atoms with E-state index in [4.69, 9.17) is 5.73 Å². The third kappa shape index (κ3) is 5.60. The quantitative estimate of drug-likeness (QED) is 0.703. The Kier molecular flexibility index (Phi) is 6.77. The van der Waals surface area contributed by atoms with Crippen LogP contribution in [-0.4, -0.2) is 39.1 Å². The molecule has 30 heavy (non-hydrogen) atoms. The Balaban J connectivity index is 1.51. The Morgan fingerprint density at radius 1 is 1.03 bits per heavy atom. The van der Waals surface area contributed by atoms with Crippen molar-refractivity contribution in [1.29, 1.82) is 0 Å². The van der Waals surface area contributed by atoms with Crippen molar-refractivity contribution in [2.75, 3.05) is 29.1 Å². The molecule has 1 aliphatic heterocycles. The van der Waals surface area contributed by atoms with Crippen LogP contribution in [0.2, 0.25) is 0 Å². The number of hydrogen-bond acceptors (Lipinski definition) is 5. The van der Waals surface area contributed by atoms with Crippen LogP contribution in [-0.2, 0) is 19.4 Å². The maximum absolute atomic E-state index is 12.4. The molecule has 0 saturated carbocycles. The number of carbonyl (C=O) groups is 2. The lowest BCUT2D eigenvalue weighted by Crippen LogP contribution is -2.38. The minimum Gasteiger partial charge on any atom is -0.371 e. The van der Waals surface area contributed by atoms with Crippen LogP contribution in [0.25, 0.3) is 0 Å². The molecule has 0 atom stereocenters. The molecule has 0 bridgehead atoms. The van der Waals surface area contributed by atoms with Crippen molar-refractivity contribution in [1.82, 2.24) is 0 Å². The van der Waals surface area contributed by atoms with E-state index in [0.29, 0.717) is 5.69 Å². The van der Waals surface area contributed by atoms with E-state index >= 15 is 0 Å². The first kappa shape index (κ1) is 21.8. The molecule has 3 N–H and O–H groups in total. The van der Waals surface area contributed by atoms with Crippen LogP contribution in [0.3, 0.4) is 0 Å². The number of primary amides is 1. The van der Waals surface area contributed by atoms with E-state index in [1.54, 1.807) is 36.4 Å². The number of piperidine rings is 1. The molecule has 0 unspecified atom stereocenters. The van der Waals surface area contributed by atoms with Crippen LogP contribution in [0, 0.1) is 12.8 Å². The summed E-state index contributed by atoms with van der Waals surface area (Å²) < 4.78 is 24.7. The largest absolute Gasteiger partial charge is 0.371 e. The topological polar surface area (TPSA) is 110 Å². The molecule has 1 fully saturated rings. The average molecular weight is 430 g/mol. The van der Waals surface area contributed by atoms with Gasteiger partial charge in [0.05, 0.1) is 10.6 Å². The summed E-state index contributed by atoms with van der Waals surface area (Å²) in [5, 5.41) is 2.74. The van der Waals surface area contributed by atoms with Crippen LogP contribution in [0.4, 0.5) is 11.4 Å². The van der Waals surface area contributed by atoms with Crippen molar-refractivity contribution < 1.29 is 18.0 Å². The summed E-state index contributed by atoms with van der Waals surface area (Å²) in [4.78, 5) is 25.9. The summed E-state index contributed by atoms with van der Waals surface area (Å²) >= 11 is 0. The zero-order chi connectivity index (χ0) is 21.7. The number of sulfone groups is 1. The van der Waals surface area contributed by atoms with Crippen LogP contribution in [0.15, 0.2) is 53.4 Å². The van der Waals surface area contributed by atoms with E-state index < -0.39 is 9.84 Å². The Labute approximate surface area is 177 Å². The highest BCUT2D eigenvalue weighted by molar-refractivity contribution is 7.91. The first-order valence-corrected chi connectivity index (χ1v) is 11.6. The normalized spacial score (nSPS) is 15.0. The minimum atomic E-state index is -3.50.